The van der Waals surface area contributed by atoms with Crippen LogP contribution in [0.5, 0.6) is 0 Å². The van der Waals surface area contributed by atoms with Crippen LogP contribution in [0.1, 0.15) is 62.1 Å². The van der Waals surface area contributed by atoms with E-state index in [1.807, 2.05) is 0 Å². The fourth-order valence-corrected chi connectivity index (χ4v) is 5.23. The molecule has 0 radical (unpaired) electrons. The van der Waals surface area contributed by atoms with Crippen LogP contribution in [0.25, 0.3) is 0 Å². The molecule has 2 atom stereocenters. The van der Waals surface area contributed by atoms with Gasteiger partial charge >= 0.3 is 0 Å². The minimum atomic E-state index is 0.460. The Morgan fingerprint density at radius 3 is 1.85 bits per heavy atom. The van der Waals surface area contributed by atoms with Crippen molar-refractivity contribution in [1.82, 2.24) is 9.80 Å². The van der Waals surface area contributed by atoms with E-state index in [0.29, 0.717) is 12.0 Å². The highest BCUT2D eigenvalue weighted by molar-refractivity contribution is 5.27. The number of hydrogen-bond acceptors (Lipinski definition) is 2. The van der Waals surface area contributed by atoms with Crippen molar-refractivity contribution >= 4 is 0 Å². The molecular weight excluding hydrogens is 328 g/mol. The highest BCUT2D eigenvalue weighted by atomic mass is 15.3. The summed E-state index contributed by atoms with van der Waals surface area (Å²) in [5, 5.41) is 0. The monoisotopic (exact) mass is 362 g/mol. The van der Waals surface area contributed by atoms with E-state index in [4.69, 9.17) is 0 Å². The van der Waals surface area contributed by atoms with Gasteiger partial charge in [-0.2, -0.15) is 0 Å². The van der Waals surface area contributed by atoms with Gasteiger partial charge in [0.05, 0.1) is 0 Å². The summed E-state index contributed by atoms with van der Waals surface area (Å²) in [6.45, 7) is 7.24. The third-order valence-electron chi connectivity index (χ3n) is 6.77. The Labute approximate surface area is 165 Å². The summed E-state index contributed by atoms with van der Waals surface area (Å²) < 4.78 is 0. The first-order chi connectivity index (χ1) is 13.3. The topological polar surface area (TPSA) is 6.48 Å². The lowest BCUT2D eigenvalue weighted by Gasteiger charge is -2.45. The van der Waals surface area contributed by atoms with Crippen LogP contribution in [0.3, 0.4) is 0 Å². The van der Waals surface area contributed by atoms with Crippen LogP contribution in [0, 0.1) is 0 Å². The molecule has 0 bridgehead atoms. The zero-order valence-corrected chi connectivity index (χ0v) is 16.8. The van der Waals surface area contributed by atoms with Crippen molar-refractivity contribution in [3.8, 4) is 0 Å². The van der Waals surface area contributed by atoms with Gasteiger partial charge in [-0.25, -0.2) is 0 Å². The van der Waals surface area contributed by atoms with Crippen molar-refractivity contribution in [2.24, 2.45) is 0 Å². The lowest BCUT2D eigenvalue weighted by molar-refractivity contribution is 0.0500. The summed E-state index contributed by atoms with van der Waals surface area (Å²) >= 11 is 0. The molecule has 2 nitrogen and oxygen atoms in total. The van der Waals surface area contributed by atoms with E-state index < -0.39 is 0 Å². The second-order valence-corrected chi connectivity index (χ2v) is 8.42. The minimum Gasteiger partial charge on any atom is -0.298 e. The Bertz CT molecular complexity index is 670. The van der Waals surface area contributed by atoms with Crippen molar-refractivity contribution in [3.63, 3.8) is 0 Å². The first kappa shape index (κ1) is 18.7. The fourth-order valence-electron chi connectivity index (χ4n) is 5.23. The van der Waals surface area contributed by atoms with E-state index >= 15 is 0 Å². The maximum absolute atomic E-state index is 2.78. The summed E-state index contributed by atoms with van der Waals surface area (Å²) in [5.74, 6) is 0.495. The molecule has 1 saturated carbocycles. The number of hydrogen-bond donors (Lipinski definition) is 0. The molecule has 1 aliphatic heterocycles. The van der Waals surface area contributed by atoms with Gasteiger partial charge in [-0.05, 0) is 24.0 Å². The van der Waals surface area contributed by atoms with Gasteiger partial charge in [0.15, 0.2) is 0 Å². The van der Waals surface area contributed by atoms with E-state index in [0.717, 1.165) is 6.04 Å². The first-order valence-corrected chi connectivity index (χ1v) is 10.9. The maximum Gasteiger partial charge on any atom is 0.0415 e. The molecule has 0 aromatic heterocycles. The van der Waals surface area contributed by atoms with E-state index in [1.54, 1.807) is 0 Å². The number of rotatable bonds is 5. The third-order valence-corrected chi connectivity index (χ3v) is 6.77. The molecule has 1 heterocycles. The first-order valence-electron chi connectivity index (χ1n) is 10.9. The van der Waals surface area contributed by atoms with Crippen LogP contribution in [0.15, 0.2) is 60.7 Å². The predicted molar refractivity (Wildman–Crippen MR) is 114 cm³/mol. The van der Waals surface area contributed by atoms with Crippen molar-refractivity contribution in [1.29, 1.82) is 0 Å². The quantitative estimate of drug-likeness (QED) is 0.695. The van der Waals surface area contributed by atoms with E-state index in [-0.39, 0.29) is 0 Å². The van der Waals surface area contributed by atoms with Gasteiger partial charge in [0, 0.05) is 44.2 Å². The second kappa shape index (κ2) is 9.03. The SMILES string of the molecule is C[C@@H](c1ccccc1)[C@@H](c1ccccc1)N1CCN(C2CCCCC2)CC1. The summed E-state index contributed by atoms with van der Waals surface area (Å²) in [7, 11) is 0. The van der Waals surface area contributed by atoms with Gasteiger partial charge in [-0.1, -0.05) is 86.8 Å². The Balaban J connectivity index is 1.50. The highest BCUT2D eigenvalue weighted by Gasteiger charge is 2.32. The number of benzene rings is 2. The highest BCUT2D eigenvalue weighted by Crippen LogP contribution is 2.36. The smallest absolute Gasteiger partial charge is 0.0415 e. The lowest BCUT2D eigenvalue weighted by atomic mass is 9.86. The second-order valence-electron chi connectivity index (χ2n) is 8.42. The summed E-state index contributed by atoms with van der Waals surface area (Å²) in [4.78, 5) is 5.53. The van der Waals surface area contributed by atoms with Crippen LogP contribution in [-0.2, 0) is 0 Å². The van der Waals surface area contributed by atoms with Crippen LogP contribution in [0.2, 0.25) is 0 Å². The Kier molecular flexibility index (Phi) is 6.26. The van der Waals surface area contributed by atoms with Crippen LogP contribution >= 0.6 is 0 Å². The van der Waals surface area contributed by atoms with Gasteiger partial charge in [-0.15, -0.1) is 0 Å². The normalized spacial score (nSPS) is 22.4. The van der Waals surface area contributed by atoms with Gasteiger partial charge in [0.1, 0.15) is 0 Å². The van der Waals surface area contributed by atoms with Gasteiger partial charge in [-0.3, -0.25) is 9.80 Å². The Hall–Kier alpha value is -1.64. The molecule has 27 heavy (non-hydrogen) atoms. The van der Waals surface area contributed by atoms with Crippen LogP contribution in [0.4, 0.5) is 0 Å². The Morgan fingerprint density at radius 2 is 1.26 bits per heavy atom. The molecule has 0 N–H and O–H groups in total. The molecule has 0 amide bonds. The molecule has 0 spiro atoms. The average molecular weight is 363 g/mol. The molecule has 144 valence electrons. The third kappa shape index (κ3) is 4.44. The molecule has 2 aromatic carbocycles. The van der Waals surface area contributed by atoms with E-state index in [2.05, 4.69) is 77.4 Å². The minimum absolute atomic E-state index is 0.460. The summed E-state index contributed by atoms with van der Waals surface area (Å²) in [5.41, 5.74) is 2.90. The zero-order chi connectivity index (χ0) is 18.5. The molecule has 2 fully saturated rings. The number of nitrogens with zero attached hydrogens (tertiary/aromatic N) is 2. The largest absolute Gasteiger partial charge is 0.298 e. The predicted octanol–water partition coefficient (Wildman–Crippen LogP) is 5.48. The molecular formula is C25H34N2. The molecule has 1 saturated heterocycles. The van der Waals surface area contributed by atoms with Crippen molar-refractivity contribution in [2.75, 3.05) is 26.2 Å². The van der Waals surface area contributed by atoms with E-state index in [9.17, 15) is 0 Å². The summed E-state index contributed by atoms with van der Waals surface area (Å²) in [6.07, 6.45) is 7.15. The van der Waals surface area contributed by atoms with Gasteiger partial charge in [0.25, 0.3) is 0 Å². The van der Waals surface area contributed by atoms with Crippen molar-refractivity contribution in [3.05, 3.63) is 71.8 Å². The van der Waals surface area contributed by atoms with Crippen LogP contribution < -0.4 is 0 Å². The van der Waals surface area contributed by atoms with Gasteiger partial charge < -0.3 is 0 Å². The molecule has 1 aliphatic carbocycles. The van der Waals surface area contributed by atoms with Crippen molar-refractivity contribution < 1.29 is 0 Å². The van der Waals surface area contributed by atoms with Crippen molar-refractivity contribution in [2.45, 2.75) is 57.0 Å². The molecule has 2 aliphatic rings. The Morgan fingerprint density at radius 1 is 0.704 bits per heavy atom. The summed E-state index contributed by atoms with van der Waals surface area (Å²) in [6, 6.07) is 23.5. The zero-order valence-electron chi connectivity index (χ0n) is 16.8. The molecule has 2 aromatic rings. The maximum atomic E-state index is 2.78. The molecule has 0 unspecified atom stereocenters. The van der Waals surface area contributed by atoms with E-state index in [1.165, 1.54) is 69.4 Å². The number of piperazine rings is 1. The fraction of sp³-hybridized carbons (Fsp3) is 0.520. The van der Waals surface area contributed by atoms with Gasteiger partial charge in [0.2, 0.25) is 0 Å². The van der Waals surface area contributed by atoms with Crippen LogP contribution in [-0.4, -0.2) is 42.0 Å². The lowest BCUT2D eigenvalue weighted by Crippen LogP contribution is -2.52. The average Bonchev–Trinajstić information content (AvgIpc) is 2.76. The molecule has 4 rings (SSSR count). The molecule has 2 heteroatoms. The standard InChI is InChI=1S/C25H34N2/c1-21(22-11-5-2-6-12-22)25(23-13-7-3-8-14-23)27-19-17-26(18-20-27)24-15-9-4-10-16-24/h2-3,5-8,11-14,21,24-25H,4,9-10,15-20H2,1H3/t21-,25-/m0/s1.